The maximum atomic E-state index is 12.9. The maximum absolute atomic E-state index is 12.9. The molecule has 0 fully saturated rings. The van der Waals surface area contributed by atoms with E-state index in [-0.39, 0.29) is 18.0 Å². The predicted molar refractivity (Wildman–Crippen MR) is 106 cm³/mol. The minimum atomic E-state index is -0.305. The Morgan fingerprint density at radius 3 is 2.92 bits per heavy atom. The van der Waals surface area contributed by atoms with Crippen molar-refractivity contribution in [1.82, 2.24) is 15.0 Å². The van der Waals surface area contributed by atoms with Crippen LogP contribution < -0.4 is 10.9 Å². The van der Waals surface area contributed by atoms with Gasteiger partial charge in [0.15, 0.2) is 4.83 Å². The number of rotatable bonds is 3. The fourth-order valence-corrected chi connectivity index (χ4v) is 4.85. The molecule has 1 aromatic carbocycles. The first kappa shape index (κ1) is 17.4. The molecule has 0 radical (unpaired) electrons. The van der Waals surface area contributed by atoms with Crippen molar-refractivity contribution in [2.45, 2.75) is 32.7 Å². The molecule has 6 nitrogen and oxygen atoms in total. The van der Waals surface area contributed by atoms with Gasteiger partial charge in [-0.15, -0.1) is 16.4 Å². The summed E-state index contributed by atoms with van der Waals surface area (Å²) in [5.41, 5.74) is 1.54. The monoisotopic (exact) mass is 432 g/mol. The van der Waals surface area contributed by atoms with E-state index in [0.29, 0.717) is 21.8 Å². The molecule has 1 N–H and O–H groups in total. The molecule has 1 aliphatic rings. The van der Waals surface area contributed by atoms with Crippen molar-refractivity contribution >= 4 is 49.1 Å². The first-order valence-corrected chi connectivity index (χ1v) is 10.1. The molecule has 2 aromatic heterocycles. The first-order chi connectivity index (χ1) is 12.5. The van der Waals surface area contributed by atoms with Crippen LogP contribution in [-0.4, -0.2) is 20.9 Å². The summed E-state index contributed by atoms with van der Waals surface area (Å²) >= 11 is 4.91. The molecular weight excluding hydrogens is 416 g/mol. The number of halogens is 1. The third-order valence-electron chi connectivity index (χ3n) is 4.61. The highest BCUT2D eigenvalue weighted by atomic mass is 79.9. The average Bonchev–Trinajstić information content (AvgIpc) is 2.97. The van der Waals surface area contributed by atoms with Gasteiger partial charge in [0.25, 0.3) is 5.56 Å². The van der Waals surface area contributed by atoms with Gasteiger partial charge >= 0.3 is 0 Å². The van der Waals surface area contributed by atoms with Crippen molar-refractivity contribution in [3.8, 4) is 0 Å². The summed E-state index contributed by atoms with van der Waals surface area (Å²) in [5, 5.41) is 11.6. The summed E-state index contributed by atoms with van der Waals surface area (Å²) in [5.74, 6) is 0.322. The Bertz CT molecular complexity index is 1040. The number of fused-ring (bicyclic) bond motifs is 3. The molecule has 0 saturated heterocycles. The SMILES string of the molecule is C[C@H]1CCc2c(sc3nnn(CC(=O)Nc4ccc(Br)cc4)c(=O)c23)C1. The lowest BCUT2D eigenvalue weighted by Gasteiger charge is -2.17. The lowest BCUT2D eigenvalue weighted by atomic mass is 9.89. The minimum absolute atomic E-state index is 0.154. The molecule has 8 heteroatoms. The highest BCUT2D eigenvalue weighted by Gasteiger charge is 2.24. The Balaban J connectivity index is 1.61. The Labute approximate surface area is 162 Å². The van der Waals surface area contributed by atoms with E-state index in [1.807, 2.05) is 12.1 Å². The van der Waals surface area contributed by atoms with Crippen LogP contribution in [0.5, 0.6) is 0 Å². The van der Waals surface area contributed by atoms with E-state index in [4.69, 9.17) is 0 Å². The maximum Gasteiger partial charge on any atom is 0.279 e. The predicted octanol–water partition coefficient (Wildman–Crippen LogP) is 3.38. The molecule has 1 aliphatic carbocycles. The molecule has 4 rings (SSSR count). The zero-order valence-electron chi connectivity index (χ0n) is 14.2. The second-order valence-corrected chi connectivity index (χ2v) is 8.64. The number of amides is 1. The summed E-state index contributed by atoms with van der Waals surface area (Å²) in [7, 11) is 0. The van der Waals surface area contributed by atoms with Gasteiger partial charge in [-0.1, -0.05) is 28.1 Å². The van der Waals surface area contributed by atoms with Crippen LogP contribution in [0.15, 0.2) is 33.5 Å². The van der Waals surface area contributed by atoms with E-state index in [1.165, 1.54) is 4.88 Å². The molecule has 0 spiro atoms. The van der Waals surface area contributed by atoms with Crippen molar-refractivity contribution in [3.05, 3.63) is 49.5 Å². The molecule has 26 heavy (non-hydrogen) atoms. The van der Waals surface area contributed by atoms with Crippen LogP contribution >= 0.6 is 27.3 Å². The van der Waals surface area contributed by atoms with Crippen molar-refractivity contribution in [2.75, 3.05) is 5.32 Å². The number of nitrogens with zero attached hydrogens (tertiary/aromatic N) is 3. The molecule has 0 aliphatic heterocycles. The fraction of sp³-hybridized carbons (Fsp3) is 0.333. The smallest absolute Gasteiger partial charge is 0.279 e. The van der Waals surface area contributed by atoms with Crippen molar-refractivity contribution in [2.24, 2.45) is 5.92 Å². The van der Waals surface area contributed by atoms with Crippen LogP contribution in [0.2, 0.25) is 0 Å². The van der Waals surface area contributed by atoms with Gasteiger partial charge in [0.2, 0.25) is 5.91 Å². The van der Waals surface area contributed by atoms with Crippen LogP contribution in [0.25, 0.3) is 10.2 Å². The summed E-state index contributed by atoms with van der Waals surface area (Å²) in [6.45, 7) is 2.07. The van der Waals surface area contributed by atoms with E-state index in [2.05, 4.69) is 38.5 Å². The molecule has 3 aromatic rings. The quantitative estimate of drug-likeness (QED) is 0.687. The fourth-order valence-electron chi connectivity index (χ4n) is 3.26. The van der Waals surface area contributed by atoms with E-state index < -0.39 is 0 Å². The molecule has 0 bridgehead atoms. The summed E-state index contributed by atoms with van der Waals surface area (Å²) in [4.78, 5) is 27.1. The Morgan fingerprint density at radius 2 is 2.15 bits per heavy atom. The summed E-state index contributed by atoms with van der Waals surface area (Å²) < 4.78 is 2.08. The number of hydrogen-bond acceptors (Lipinski definition) is 5. The Kier molecular flexibility index (Phi) is 4.62. The van der Waals surface area contributed by atoms with Gasteiger partial charge in [0, 0.05) is 15.0 Å². The largest absolute Gasteiger partial charge is 0.324 e. The summed E-state index contributed by atoms with van der Waals surface area (Å²) in [6.07, 6.45) is 2.95. The highest BCUT2D eigenvalue weighted by molar-refractivity contribution is 9.10. The van der Waals surface area contributed by atoms with Crippen molar-refractivity contribution in [3.63, 3.8) is 0 Å². The molecule has 2 heterocycles. The van der Waals surface area contributed by atoms with Gasteiger partial charge in [-0.2, -0.15) is 0 Å². The van der Waals surface area contributed by atoms with Crippen molar-refractivity contribution < 1.29 is 4.79 Å². The molecule has 1 amide bonds. The van der Waals surface area contributed by atoms with Crippen molar-refractivity contribution in [1.29, 1.82) is 0 Å². The zero-order chi connectivity index (χ0) is 18.3. The number of aromatic nitrogens is 3. The number of thiophene rings is 1. The van der Waals surface area contributed by atoms with Gasteiger partial charge < -0.3 is 5.32 Å². The van der Waals surface area contributed by atoms with Crippen LogP contribution in [0.3, 0.4) is 0 Å². The van der Waals surface area contributed by atoms with Crippen LogP contribution in [0.4, 0.5) is 5.69 Å². The number of benzene rings is 1. The Hall–Kier alpha value is -2.06. The average molecular weight is 433 g/mol. The third kappa shape index (κ3) is 3.31. The second-order valence-electron chi connectivity index (χ2n) is 6.64. The van der Waals surface area contributed by atoms with E-state index >= 15 is 0 Å². The van der Waals surface area contributed by atoms with Gasteiger partial charge in [0.1, 0.15) is 6.54 Å². The molecule has 134 valence electrons. The van der Waals surface area contributed by atoms with Gasteiger partial charge in [0.05, 0.1) is 5.39 Å². The normalized spacial score (nSPS) is 16.5. The molecule has 0 saturated carbocycles. The highest BCUT2D eigenvalue weighted by Crippen LogP contribution is 2.35. The third-order valence-corrected chi connectivity index (χ3v) is 6.27. The van der Waals surface area contributed by atoms with Gasteiger partial charge in [-0.05, 0) is 55.0 Å². The topological polar surface area (TPSA) is 76.9 Å². The first-order valence-electron chi connectivity index (χ1n) is 8.44. The minimum Gasteiger partial charge on any atom is -0.324 e. The number of carbonyl (C=O) groups is 1. The van der Waals surface area contributed by atoms with Crippen LogP contribution in [-0.2, 0) is 24.2 Å². The lowest BCUT2D eigenvalue weighted by molar-refractivity contribution is -0.117. The number of aryl methyl sites for hydroxylation is 1. The van der Waals surface area contributed by atoms with Crippen LogP contribution in [0, 0.1) is 5.92 Å². The van der Waals surface area contributed by atoms with E-state index in [1.54, 1.807) is 23.5 Å². The number of nitrogens with one attached hydrogen (secondary N) is 1. The van der Waals surface area contributed by atoms with Gasteiger partial charge in [-0.3, -0.25) is 9.59 Å². The molecular formula is C18H17BrN4O2S. The lowest BCUT2D eigenvalue weighted by Crippen LogP contribution is -2.30. The number of hydrogen-bond donors (Lipinski definition) is 1. The summed E-state index contributed by atoms with van der Waals surface area (Å²) in [6, 6.07) is 7.25. The standard InChI is InChI=1S/C18H17BrN4O2S/c1-10-2-7-13-14(8-10)26-17-16(13)18(25)23(22-21-17)9-15(24)20-12-5-3-11(19)4-6-12/h3-6,10H,2,7-9H2,1H3,(H,20,24)/t10-/m0/s1. The Morgan fingerprint density at radius 1 is 1.38 bits per heavy atom. The molecule has 0 unspecified atom stereocenters. The zero-order valence-corrected chi connectivity index (χ0v) is 16.6. The number of anilines is 1. The van der Waals surface area contributed by atoms with E-state index in [9.17, 15) is 9.59 Å². The van der Waals surface area contributed by atoms with Gasteiger partial charge in [-0.25, -0.2) is 4.68 Å². The second kappa shape index (κ2) is 6.92. The number of carbonyl (C=O) groups excluding carboxylic acids is 1. The van der Waals surface area contributed by atoms with E-state index in [0.717, 1.165) is 34.0 Å². The molecule has 1 atom stereocenters. The van der Waals surface area contributed by atoms with Crippen LogP contribution in [0.1, 0.15) is 23.8 Å².